The Balaban J connectivity index is 0.000000132. The van der Waals surface area contributed by atoms with Gasteiger partial charge in [0, 0.05) is 16.1 Å². The Morgan fingerprint density at radius 3 is 1.36 bits per heavy atom. The largest absolute Gasteiger partial charge is 0.168 e. The van der Waals surface area contributed by atoms with E-state index in [0.717, 1.165) is 0 Å². The van der Waals surface area contributed by atoms with Crippen molar-refractivity contribution >= 4 is 71.0 Å². The molecule has 6 rings (SSSR count). The van der Waals surface area contributed by atoms with E-state index in [1.54, 1.807) is 10.4 Å². The zero-order chi connectivity index (χ0) is 23.5. The van der Waals surface area contributed by atoms with Gasteiger partial charge in [0.25, 0.3) is 0 Å². The van der Waals surface area contributed by atoms with Crippen molar-refractivity contribution < 1.29 is 15.3 Å². The van der Waals surface area contributed by atoms with Crippen molar-refractivity contribution in [3.8, 4) is 0 Å². The van der Waals surface area contributed by atoms with Gasteiger partial charge < -0.3 is 0 Å². The second kappa shape index (κ2) is 10.9. The van der Waals surface area contributed by atoms with Gasteiger partial charge in [0.1, 0.15) is 0 Å². The van der Waals surface area contributed by atoms with Gasteiger partial charge in [0.05, 0.1) is 0 Å². The normalized spacial score (nSPS) is 17.6. The van der Waals surface area contributed by atoms with Gasteiger partial charge in [-0.1, -0.05) is 62.2 Å². The molecule has 5 heteroatoms. The number of hydrogen-bond donors (Lipinski definition) is 0. The van der Waals surface area contributed by atoms with E-state index < -0.39 is 31.4 Å². The molecular weight excluding hydrogens is 511 g/mol. The fraction of sp³-hybridized carbons (Fsp3) is 0.321. The Hall–Kier alpha value is -0.742. The van der Waals surface area contributed by atoms with Crippen LogP contribution in [0.1, 0.15) is 19.8 Å². The molecule has 0 spiro atoms. The van der Waals surface area contributed by atoms with Gasteiger partial charge in [0.15, 0.2) is 0 Å². The van der Waals surface area contributed by atoms with Crippen LogP contribution in [0.4, 0.5) is 0 Å². The molecule has 0 radical (unpaired) electrons. The maximum Gasteiger partial charge on any atom is 0.0350 e. The number of fused-ring (bicyclic) bond motifs is 2. The van der Waals surface area contributed by atoms with Gasteiger partial charge in [-0.3, -0.25) is 0 Å². The van der Waals surface area contributed by atoms with Gasteiger partial charge >= 0.3 is 45.1 Å². The van der Waals surface area contributed by atoms with E-state index in [1.165, 1.54) is 58.6 Å². The van der Waals surface area contributed by atoms with Crippen LogP contribution in [0.5, 0.6) is 0 Å². The first-order valence-electron chi connectivity index (χ1n) is 12.1. The Labute approximate surface area is 214 Å². The predicted octanol–water partition coefficient (Wildman–Crippen LogP) is 8.23. The average Bonchev–Trinajstić information content (AvgIpc) is 3.42. The standard InChI is InChI=1S/2C13H15Si.C2H4.2ClH.Ti/c2*1-14(9-4-10-14)13-8-7-11-5-2-3-6-12(11)13;1-2;;;/h2*2-3,5-8H,4,9-10H2,1H3;1H,2H3;2*1H;/q2*-1;;;;+2/p-2. The molecule has 2 heterocycles. The fourth-order valence-electron chi connectivity index (χ4n) is 5.31. The first-order chi connectivity index (χ1) is 15.9. The molecule has 33 heavy (non-hydrogen) atoms. The minimum atomic E-state index is -1.54. The summed E-state index contributed by atoms with van der Waals surface area (Å²) in [7, 11) is 8.71. The molecule has 2 saturated heterocycles. The van der Waals surface area contributed by atoms with Gasteiger partial charge in [-0.05, 0) is 0 Å². The fourth-order valence-corrected chi connectivity index (χ4v) is 11.9. The topological polar surface area (TPSA) is 0 Å². The number of rotatable bonds is 2. The minimum Gasteiger partial charge on any atom is -0.168 e. The van der Waals surface area contributed by atoms with Crippen molar-refractivity contribution in [1.29, 1.82) is 0 Å². The summed E-state index contributed by atoms with van der Waals surface area (Å²) < 4.78 is 1.86. The molecular formula is C28H34Cl2Si2Ti-2. The van der Waals surface area contributed by atoms with E-state index >= 15 is 0 Å². The molecule has 0 saturated carbocycles. The number of benzene rings is 2. The van der Waals surface area contributed by atoms with Crippen LogP contribution >= 0.6 is 18.6 Å². The van der Waals surface area contributed by atoms with Crippen LogP contribution < -0.4 is 10.4 Å². The second-order valence-electron chi connectivity index (χ2n) is 10.1. The summed E-state index contributed by atoms with van der Waals surface area (Å²) in [5.41, 5.74) is 0. The molecule has 174 valence electrons. The van der Waals surface area contributed by atoms with Gasteiger partial charge in [-0.2, -0.15) is 24.3 Å². The summed E-state index contributed by atoms with van der Waals surface area (Å²) in [6, 6.07) is 33.0. The third-order valence-electron chi connectivity index (χ3n) is 7.79. The molecule has 0 amide bonds. The molecule has 2 fully saturated rings. The zero-order valence-electron chi connectivity index (χ0n) is 20.0. The van der Waals surface area contributed by atoms with Crippen LogP contribution in [0.15, 0.2) is 72.8 Å². The van der Waals surface area contributed by atoms with Crippen LogP contribution in [0.25, 0.3) is 21.5 Å². The molecule has 0 atom stereocenters. The van der Waals surface area contributed by atoms with Crippen LogP contribution in [0, 0.1) is 0 Å². The van der Waals surface area contributed by atoms with Crippen molar-refractivity contribution in [2.75, 3.05) is 0 Å². The quantitative estimate of drug-likeness (QED) is 0.176. The summed E-state index contributed by atoms with van der Waals surface area (Å²) in [6.07, 6.45) is 2.92. The Morgan fingerprint density at radius 2 is 1.06 bits per heavy atom. The number of halogens is 2. The predicted molar refractivity (Wildman–Crippen MR) is 153 cm³/mol. The first-order valence-corrected chi connectivity index (χ1v) is 23.2. The first kappa shape index (κ1) is 25.4. The van der Waals surface area contributed by atoms with Crippen LogP contribution in [0.3, 0.4) is 0 Å². The van der Waals surface area contributed by atoms with Crippen molar-refractivity contribution in [3.63, 3.8) is 0 Å². The van der Waals surface area contributed by atoms with Gasteiger partial charge in [-0.25, -0.2) is 0 Å². The van der Waals surface area contributed by atoms with Crippen LogP contribution in [-0.2, 0) is 15.3 Å². The Bertz CT molecular complexity index is 1150. The zero-order valence-corrected chi connectivity index (χ0v) is 25.1. The smallest absolute Gasteiger partial charge is 0.0350 e. The van der Waals surface area contributed by atoms with E-state index in [9.17, 15) is 0 Å². The second-order valence-corrected chi connectivity index (χ2v) is 25.4. The molecule has 0 aliphatic carbocycles. The molecule has 4 aromatic rings. The van der Waals surface area contributed by atoms with E-state index in [2.05, 4.69) is 85.9 Å². The summed E-state index contributed by atoms with van der Waals surface area (Å²) >= 11 is -1.54. The van der Waals surface area contributed by atoms with Gasteiger partial charge in [0.2, 0.25) is 0 Å². The van der Waals surface area contributed by atoms with Gasteiger partial charge in [-0.15, -0.1) is 68.3 Å². The van der Waals surface area contributed by atoms with Crippen molar-refractivity contribution in [1.82, 2.24) is 0 Å². The molecule has 0 N–H and O–H groups in total. The van der Waals surface area contributed by atoms with Crippen LogP contribution in [0.2, 0.25) is 37.3 Å². The maximum atomic E-state index is 5.34. The van der Waals surface area contributed by atoms with E-state index in [4.69, 9.17) is 18.6 Å². The van der Waals surface area contributed by atoms with E-state index in [0.29, 0.717) is 0 Å². The van der Waals surface area contributed by atoms with E-state index in [1.807, 2.05) is 11.2 Å². The van der Waals surface area contributed by atoms with Crippen molar-refractivity contribution in [3.05, 3.63) is 72.8 Å². The molecule has 2 aliphatic heterocycles. The number of hydrogen-bond acceptors (Lipinski definition) is 0. The average molecular weight is 546 g/mol. The maximum absolute atomic E-state index is 5.34. The molecule has 0 unspecified atom stereocenters. The monoisotopic (exact) mass is 544 g/mol. The molecule has 0 bridgehead atoms. The minimum absolute atomic E-state index is 0.985. The van der Waals surface area contributed by atoms with Crippen molar-refractivity contribution in [2.24, 2.45) is 0 Å². The molecule has 4 aromatic carbocycles. The SMILES string of the molecule is C[CH]=[Ti]([Cl])[Cl].C[Si]1([c-]2ccc3ccccc32)CCC1.C[Si]1([c-]2ccc3ccccc32)CCC1. The van der Waals surface area contributed by atoms with E-state index in [-0.39, 0.29) is 0 Å². The molecule has 2 aliphatic rings. The Kier molecular flexibility index (Phi) is 8.37. The molecule has 0 nitrogen and oxygen atoms in total. The molecule has 0 aromatic heterocycles. The third-order valence-corrected chi connectivity index (χ3v) is 19.6. The van der Waals surface area contributed by atoms with Crippen molar-refractivity contribution in [2.45, 2.75) is 57.0 Å². The summed E-state index contributed by atoms with van der Waals surface area (Å²) in [4.78, 5) is 0. The summed E-state index contributed by atoms with van der Waals surface area (Å²) in [5.74, 6) is 0. The Morgan fingerprint density at radius 1 is 0.697 bits per heavy atom. The summed E-state index contributed by atoms with van der Waals surface area (Å²) in [5, 5.41) is 9.34. The van der Waals surface area contributed by atoms with Crippen LogP contribution in [-0.4, -0.2) is 20.5 Å². The summed E-state index contributed by atoms with van der Waals surface area (Å²) in [6.45, 7) is 6.96. The third kappa shape index (κ3) is 5.58.